The summed E-state index contributed by atoms with van der Waals surface area (Å²) >= 11 is 7.24. The largest absolute Gasteiger partial charge is 0.497 e. The monoisotopic (exact) mass is 1830 g/mol. The second-order valence-electron chi connectivity index (χ2n) is 27.3. The fourth-order valence-corrected chi connectivity index (χ4v) is 18.4. The number of carboxylic acid groups (broad SMARTS) is 1. The first kappa shape index (κ1) is 91.2. The van der Waals surface area contributed by atoms with Gasteiger partial charge < -0.3 is 53.5 Å². The maximum Gasteiger partial charge on any atom is 0.357 e. The summed E-state index contributed by atoms with van der Waals surface area (Å²) in [6.07, 6.45) is 16.5. The maximum atomic E-state index is 12.6. The van der Waals surface area contributed by atoms with Crippen molar-refractivity contribution >= 4 is 172 Å². The number of ketones is 3. The molecule has 648 valence electrons. The molecule has 0 radical (unpaired) electrons. The highest BCUT2D eigenvalue weighted by Crippen LogP contribution is 2.39. The Morgan fingerprint density at radius 3 is 0.922 bits per heavy atom. The van der Waals surface area contributed by atoms with E-state index in [-0.39, 0.29) is 79.7 Å². The van der Waals surface area contributed by atoms with Crippen LogP contribution in [0.15, 0.2) is 224 Å². The number of aromatic carboxylic acids is 1. The van der Waals surface area contributed by atoms with Crippen molar-refractivity contribution in [1.82, 2.24) is 29.9 Å². The third-order valence-corrected chi connectivity index (χ3v) is 24.9. The Morgan fingerprint density at radius 2 is 0.609 bits per heavy atom. The Kier molecular flexibility index (Phi) is 30.6. The van der Waals surface area contributed by atoms with Crippen LogP contribution in [0.25, 0.3) is 33.4 Å². The zero-order valence-electron chi connectivity index (χ0n) is 69.1. The lowest BCUT2D eigenvalue weighted by Gasteiger charge is -2.06. The molecule has 0 fully saturated rings. The highest BCUT2D eigenvalue weighted by Gasteiger charge is 2.32. The van der Waals surface area contributed by atoms with Crippen LogP contribution in [0.2, 0.25) is 0 Å². The molecule has 6 aliphatic rings. The van der Waals surface area contributed by atoms with Crippen molar-refractivity contribution < 1.29 is 96.7 Å². The zero-order valence-corrected chi connectivity index (χ0v) is 74.0. The number of allylic oxidation sites excluding steroid dienone is 12. The summed E-state index contributed by atoms with van der Waals surface area (Å²) in [6, 6.07) is 45.3. The predicted molar refractivity (Wildman–Crippen MR) is 486 cm³/mol. The normalized spacial score (nSPS) is 13.2. The molecule has 18 rings (SSSR count). The molecule has 6 aromatic carbocycles. The van der Waals surface area contributed by atoms with Crippen LogP contribution in [0.5, 0.6) is 5.75 Å². The van der Waals surface area contributed by atoms with Gasteiger partial charge >= 0.3 is 35.8 Å². The van der Waals surface area contributed by atoms with Gasteiger partial charge in [0.1, 0.15) is 58.7 Å². The molecular weight excluding hydrogens is 1760 g/mol. The number of aromatic nitrogens is 6. The lowest BCUT2D eigenvalue weighted by atomic mass is 10.0. The van der Waals surface area contributed by atoms with E-state index in [1.807, 2.05) is 152 Å². The standard InChI is InChI=1S/2C16H14N2O3S.2C16H13NO4S.C15H12N2O3S.C14H9NO3S/c2*1-20-16(19)13-9-22-15(17-13)14(18-21-2)12-8-7-10-5-3-4-6-11(10)12;1-20-10-5-3-9-4-6-11(12(9)7-10)14(18)15-17-13(8-22-15)16(19)21-2;18-7-8-21-16(20)13-9-22-15(17-13)14(19)12-6-5-10-3-1-2-4-11(10)12;1-20-15(18)12-8-21-14(16-12)13(17-19)11-7-6-9-4-2-3-5-10(9)11;16-12(13-15-11(7-19-13)14(17)18)10-6-5-8-3-1-2-4-9(8)10/h2*3-6,8-9H,7H2,1-2H3;3,5-8H,4H2,1-2H3;1-4,6,9,18H,5,7-8H2;2-5,7-8,19H,6H2,1H3;1-4,6-7H,5H2,(H,17,18)/b18-14+;18-14-;;;17-13+;. The molecule has 6 aliphatic carbocycles. The number of hydrogen-bond acceptors (Lipinski definition) is 34. The van der Waals surface area contributed by atoms with Gasteiger partial charge in [-0.15, -0.1) is 68.0 Å². The molecule has 35 heteroatoms. The third kappa shape index (κ3) is 20.9. The average Bonchev–Trinajstić information content (AvgIpc) is 1.66. The van der Waals surface area contributed by atoms with E-state index < -0.39 is 35.8 Å². The quantitative estimate of drug-likeness (QED) is 0.0134. The minimum atomic E-state index is -1.11. The van der Waals surface area contributed by atoms with Crippen LogP contribution in [0.3, 0.4) is 0 Å². The van der Waals surface area contributed by atoms with E-state index in [1.54, 1.807) is 23.2 Å². The van der Waals surface area contributed by atoms with Crippen LogP contribution >= 0.6 is 68.0 Å². The van der Waals surface area contributed by atoms with Crippen molar-refractivity contribution in [3.05, 3.63) is 339 Å². The van der Waals surface area contributed by atoms with Gasteiger partial charge in [0, 0.05) is 65.7 Å². The number of nitrogens with zero attached hydrogens (tertiary/aromatic N) is 9. The molecule has 128 heavy (non-hydrogen) atoms. The molecule has 0 spiro atoms. The predicted octanol–water partition coefficient (Wildman–Crippen LogP) is 16.1. The van der Waals surface area contributed by atoms with E-state index in [1.165, 1.54) is 109 Å². The molecule has 0 bridgehead atoms. The summed E-state index contributed by atoms with van der Waals surface area (Å²) < 4.78 is 28.6. The number of carboxylic acids is 1. The number of oxime groups is 3. The van der Waals surface area contributed by atoms with Gasteiger partial charge in [-0.05, 0) is 117 Å². The van der Waals surface area contributed by atoms with Crippen LogP contribution in [-0.2, 0) is 71.9 Å². The Balaban J connectivity index is 0.000000131. The van der Waals surface area contributed by atoms with Gasteiger partial charge in [-0.1, -0.05) is 179 Å². The number of ether oxygens (including phenoxy) is 6. The number of fused-ring (bicyclic) bond motifs is 6. The molecule has 3 N–H and O–H groups in total. The lowest BCUT2D eigenvalue weighted by Crippen LogP contribution is -2.10. The number of aliphatic hydroxyl groups is 1. The Labute approximate surface area is 755 Å². The van der Waals surface area contributed by atoms with Gasteiger partial charge in [0.15, 0.2) is 49.2 Å². The Morgan fingerprint density at radius 1 is 0.336 bits per heavy atom. The van der Waals surface area contributed by atoms with Crippen LogP contribution in [-0.4, -0.2) is 179 Å². The van der Waals surface area contributed by atoms with Crippen molar-refractivity contribution in [2.75, 3.05) is 63.0 Å². The maximum absolute atomic E-state index is 12.6. The number of methoxy groups -OCH3 is 5. The van der Waals surface area contributed by atoms with E-state index in [0.717, 1.165) is 133 Å². The molecule has 0 saturated carbocycles. The van der Waals surface area contributed by atoms with Gasteiger partial charge in [0.05, 0.1) is 42.2 Å². The fourth-order valence-electron chi connectivity index (χ4n) is 13.8. The van der Waals surface area contributed by atoms with Crippen molar-refractivity contribution in [1.29, 1.82) is 0 Å². The molecule has 0 saturated heterocycles. The van der Waals surface area contributed by atoms with Gasteiger partial charge in [-0.2, -0.15) is 0 Å². The summed E-state index contributed by atoms with van der Waals surface area (Å²) in [4.78, 5) is 141. The first-order valence-electron chi connectivity index (χ1n) is 38.7. The zero-order chi connectivity index (χ0) is 90.5. The molecular formula is C93H75N9O20S6. The Hall–Kier alpha value is -14.5. The molecule has 0 atom stereocenters. The minimum Gasteiger partial charge on any atom is -0.497 e. The van der Waals surface area contributed by atoms with E-state index >= 15 is 0 Å². The molecule has 0 unspecified atom stereocenters. The van der Waals surface area contributed by atoms with E-state index in [2.05, 4.69) is 79.1 Å². The number of benzene rings is 6. The second-order valence-corrected chi connectivity index (χ2v) is 32.4. The van der Waals surface area contributed by atoms with Crippen molar-refractivity contribution in [3.8, 4) is 5.75 Å². The number of esters is 5. The topological polar surface area (TPSA) is 403 Å². The van der Waals surface area contributed by atoms with Crippen LogP contribution in [0.4, 0.5) is 0 Å². The summed E-state index contributed by atoms with van der Waals surface area (Å²) in [5, 5.41) is 50.3. The first-order valence-corrected chi connectivity index (χ1v) is 44.0. The minimum absolute atomic E-state index is 0.0831. The fraction of sp³-hybridized carbons (Fsp3) is 0.161. The van der Waals surface area contributed by atoms with Crippen LogP contribution in [0.1, 0.15) is 174 Å². The second kappa shape index (κ2) is 43.0. The molecule has 0 aliphatic heterocycles. The average molecular weight is 1830 g/mol. The van der Waals surface area contributed by atoms with Gasteiger partial charge in [0.2, 0.25) is 17.3 Å². The van der Waals surface area contributed by atoms with Gasteiger partial charge in [-0.3, -0.25) is 14.4 Å². The summed E-state index contributed by atoms with van der Waals surface area (Å²) in [6.45, 7) is -0.330. The number of thiazole rings is 6. The highest BCUT2D eigenvalue weighted by molar-refractivity contribution is 7.14. The molecule has 6 aromatic heterocycles. The van der Waals surface area contributed by atoms with Crippen LogP contribution < -0.4 is 4.74 Å². The SMILES string of the molecule is CO/N=C(/C1=CCc2ccccc21)c1nc(C(=O)OC)cs1.CO/N=C(\C1=CCc2ccccc21)c1nc(C(=O)OC)cs1.COC(=O)c1csc(/C(=N/O)C2=CCc3ccccc32)n1.COC(=O)c1csc(C(=O)C2=CCc3ccc(OC)cc32)n1.O=C(O)c1csc(C(=O)C2=CCc3ccccc32)n1.O=C(OCCO)c1csc(C(=O)C2=CCc3ccccc32)n1. The smallest absolute Gasteiger partial charge is 0.357 e. The van der Waals surface area contributed by atoms with Gasteiger partial charge in [0.25, 0.3) is 0 Å². The van der Waals surface area contributed by atoms with Crippen molar-refractivity contribution in [2.24, 2.45) is 15.5 Å². The molecule has 6 heterocycles. The number of hydrogen-bond donors (Lipinski definition) is 3. The lowest BCUT2D eigenvalue weighted by molar-refractivity contribution is 0.0426. The molecule has 12 aromatic rings. The van der Waals surface area contributed by atoms with Crippen molar-refractivity contribution in [3.63, 3.8) is 0 Å². The van der Waals surface area contributed by atoms with E-state index in [4.69, 9.17) is 38.8 Å². The Bertz CT molecular complexity index is 6470. The third-order valence-electron chi connectivity index (χ3n) is 19.8. The van der Waals surface area contributed by atoms with E-state index in [0.29, 0.717) is 61.0 Å². The summed E-state index contributed by atoms with van der Waals surface area (Å²) in [7, 11) is 9.84. The van der Waals surface area contributed by atoms with E-state index in [9.17, 15) is 48.4 Å². The number of carbonyl (C=O) groups is 9. The number of carbonyl (C=O) groups excluding carboxylic acids is 8. The number of aliphatic hydroxyl groups excluding tert-OH is 1. The number of rotatable bonds is 23. The summed E-state index contributed by atoms with van der Waals surface area (Å²) in [5.41, 5.74) is 20.1. The first-order chi connectivity index (χ1) is 62.2. The summed E-state index contributed by atoms with van der Waals surface area (Å²) in [5.74, 6) is -3.59. The molecule has 29 nitrogen and oxygen atoms in total. The van der Waals surface area contributed by atoms with Crippen molar-refractivity contribution in [2.45, 2.75) is 38.5 Å². The molecule has 0 amide bonds. The van der Waals surface area contributed by atoms with Crippen LogP contribution in [0, 0.1) is 0 Å². The highest BCUT2D eigenvalue weighted by atomic mass is 32.1. The number of Topliss-reactive ketones (excluding diaryl/α,β-unsaturated/α-hetero) is 3. The van der Waals surface area contributed by atoms with Gasteiger partial charge in [-0.25, -0.2) is 58.7 Å².